The Morgan fingerprint density at radius 1 is 1.53 bits per heavy atom. The summed E-state index contributed by atoms with van der Waals surface area (Å²) in [7, 11) is 0. The Bertz CT molecular complexity index is 547. The van der Waals surface area contributed by atoms with Crippen LogP contribution in [0.25, 0.3) is 11.0 Å². The van der Waals surface area contributed by atoms with Crippen molar-refractivity contribution in [3.63, 3.8) is 0 Å². The van der Waals surface area contributed by atoms with E-state index >= 15 is 0 Å². The molecule has 3 heteroatoms. The van der Waals surface area contributed by atoms with Crippen molar-refractivity contribution in [2.75, 3.05) is 0 Å². The minimum absolute atomic E-state index is 0.148. The number of nitriles is 1. The first-order valence-electron chi connectivity index (χ1n) is 5.21. The molecule has 0 amide bonds. The molecule has 0 spiro atoms. The van der Waals surface area contributed by atoms with Gasteiger partial charge in [-0.15, -0.1) is 0 Å². The van der Waals surface area contributed by atoms with Crippen LogP contribution in [0, 0.1) is 17.2 Å². The maximum Gasteiger partial charge on any atom is 0.140 e. The van der Waals surface area contributed by atoms with Crippen molar-refractivity contribution >= 4 is 11.0 Å². The molecule has 1 atom stereocenters. The minimum Gasteiger partial charge on any atom is -0.328 e. The first-order chi connectivity index (χ1) is 7.38. The molecule has 0 saturated heterocycles. The zero-order valence-corrected chi connectivity index (χ0v) is 8.35. The highest BCUT2D eigenvalue weighted by molar-refractivity contribution is 5.77. The molecule has 3 nitrogen and oxygen atoms in total. The number of nitrogens with zero attached hydrogens (tertiary/aromatic N) is 3. The van der Waals surface area contributed by atoms with Crippen molar-refractivity contribution in [3.05, 3.63) is 30.1 Å². The monoisotopic (exact) mass is 197 g/mol. The van der Waals surface area contributed by atoms with Gasteiger partial charge in [-0.25, -0.2) is 4.98 Å². The zero-order valence-electron chi connectivity index (χ0n) is 8.35. The van der Waals surface area contributed by atoms with Gasteiger partial charge in [-0.1, -0.05) is 0 Å². The van der Waals surface area contributed by atoms with E-state index in [4.69, 9.17) is 5.26 Å². The Morgan fingerprint density at radius 2 is 2.47 bits per heavy atom. The quantitative estimate of drug-likeness (QED) is 0.649. The van der Waals surface area contributed by atoms with Gasteiger partial charge in [0.15, 0.2) is 0 Å². The summed E-state index contributed by atoms with van der Waals surface area (Å²) >= 11 is 0. The Morgan fingerprint density at radius 3 is 3.33 bits per heavy atom. The zero-order chi connectivity index (χ0) is 10.3. The van der Waals surface area contributed by atoms with Crippen molar-refractivity contribution in [2.24, 2.45) is 5.92 Å². The van der Waals surface area contributed by atoms with Crippen molar-refractivity contribution in [1.29, 1.82) is 5.26 Å². The van der Waals surface area contributed by atoms with Gasteiger partial charge >= 0.3 is 0 Å². The van der Waals surface area contributed by atoms with Crippen LogP contribution in [0.4, 0.5) is 0 Å². The summed E-state index contributed by atoms with van der Waals surface area (Å²) in [5.41, 5.74) is 2.34. The van der Waals surface area contributed by atoms with E-state index in [-0.39, 0.29) is 5.92 Å². The summed E-state index contributed by atoms with van der Waals surface area (Å²) in [4.78, 5) is 4.38. The molecule has 0 aromatic carbocycles. The van der Waals surface area contributed by atoms with E-state index in [0.29, 0.717) is 0 Å². The lowest BCUT2D eigenvalue weighted by Crippen LogP contribution is -2.18. The Kier molecular flexibility index (Phi) is 1.75. The first-order valence-corrected chi connectivity index (χ1v) is 5.21. The summed E-state index contributed by atoms with van der Waals surface area (Å²) < 4.78 is 2.19. The van der Waals surface area contributed by atoms with E-state index in [2.05, 4.69) is 27.8 Å². The van der Waals surface area contributed by atoms with E-state index in [0.717, 1.165) is 25.0 Å². The van der Waals surface area contributed by atoms with Gasteiger partial charge in [0.2, 0.25) is 0 Å². The normalized spacial score (nSPS) is 19.8. The number of rotatable bonds is 0. The highest BCUT2D eigenvalue weighted by Gasteiger charge is 2.20. The Balaban J connectivity index is 2.19. The van der Waals surface area contributed by atoms with E-state index in [1.807, 2.05) is 12.3 Å². The molecular formula is C12H11N3. The largest absolute Gasteiger partial charge is 0.328 e. The average Bonchev–Trinajstić information content (AvgIpc) is 2.66. The summed E-state index contributed by atoms with van der Waals surface area (Å²) in [5, 5.41) is 10.1. The van der Waals surface area contributed by atoms with Crippen LogP contribution < -0.4 is 0 Å². The second-order valence-corrected chi connectivity index (χ2v) is 4.03. The molecule has 1 aliphatic rings. The molecule has 0 radical (unpaired) electrons. The van der Waals surface area contributed by atoms with Gasteiger partial charge in [0.05, 0.1) is 12.0 Å². The van der Waals surface area contributed by atoms with E-state index in [1.165, 1.54) is 11.1 Å². The Hall–Kier alpha value is -1.82. The smallest absolute Gasteiger partial charge is 0.140 e. The van der Waals surface area contributed by atoms with Crippen LogP contribution in [0.5, 0.6) is 0 Å². The molecule has 0 bridgehead atoms. The number of aromatic nitrogens is 2. The molecule has 2 aromatic rings. The van der Waals surface area contributed by atoms with Crippen LogP contribution in [0.2, 0.25) is 0 Å². The highest BCUT2D eigenvalue weighted by Crippen LogP contribution is 2.26. The fraction of sp³-hybridized carbons (Fsp3) is 0.333. The standard InChI is InChI=1S/C12H11N3/c13-7-9-3-4-11-6-10-2-1-5-14-12(10)15(11)8-9/h1-2,5-6,9H,3-4,8H2. The fourth-order valence-electron chi connectivity index (χ4n) is 2.29. The van der Waals surface area contributed by atoms with Crippen LogP contribution in [-0.4, -0.2) is 9.55 Å². The molecule has 15 heavy (non-hydrogen) atoms. The molecule has 1 unspecified atom stereocenters. The van der Waals surface area contributed by atoms with Gasteiger partial charge in [-0.05, 0) is 31.0 Å². The molecule has 3 rings (SSSR count). The van der Waals surface area contributed by atoms with Crippen molar-refractivity contribution in [1.82, 2.24) is 9.55 Å². The van der Waals surface area contributed by atoms with Gasteiger partial charge in [-0.2, -0.15) is 5.26 Å². The van der Waals surface area contributed by atoms with Crippen molar-refractivity contribution < 1.29 is 0 Å². The third kappa shape index (κ3) is 1.22. The van der Waals surface area contributed by atoms with Gasteiger partial charge in [0.1, 0.15) is 5.65 Å². The Labute approximate surface area is 88.0 Å². The van der Waals surface area contributed by atoms with Gasteiger partial charge < -0.3 is 4.57 Å². The molecule has 0 saturated carbocycles. The van der Waals surface area contributed by atoms with Crippen LogP contribution >= 0.6 is 0 Å². The molecule has 0 fully saturated rings. The maximum absolute atomic E-state index is 8.94. The van der Waals surface area contributed by atoms with Crippen molar-refractivity contribution in [2.45, 2.75) is 19.4 Å². The average molecular weight is 197 g/mol. The molecule has 3 heterocycles. The third-order valence-corrected chi connectivity index (χ3v) is 3.08. The molecule has 0 aliphatic carbocycles. The molecule has 74 valence electrons. The fourth-order valence-corrected chi connectivity index (χ4v) is 2.29. The van der Waals surface area contributed by atoms with Crippen LogP contribution in [0.15, 0.2) is 24.4 Å². The summed E-state index contributed by atoms with van der Waals surface area (Å²) in [6.45, 7) is 0.798. The predicted octanol–water partition coefficient (Wildman–Crippen LogP) is 2.12. The number of fused-ring (bicyclic) bond motifs is 3. The van der Waals surface area contributed by atoms with Crippen LogP contribution in [0.1, 0.15) is 12.1 Å². The number of pyridine rings is 1. The first kappa shape index (κ1) is 8.49. The summed E-state index contributed by atoms with van der Waals surface area (Å²) in [6, 6.07) is 8.57. The second-order valence-electron chi connectivity index (χ2n) is 4.03. The minimum atomic E-state index is 0.148. The maximum atomic E-state index is 8.94. The predicted molar refractivity (Wildman–Crippen MR) is 57.2 cm³/mol. The molecule has 2 aromatic heterocycles. The lowest BCUT2D eigenvalue weighted by molar-refractivity contribution is 0.453. The van der Waals surface area contributed by atoms with Crippen LogP contribution in [0.3, 0.4) is 0 Å². The van der Waals surface area contributed by atoms with Crippen LogP contribution in [-0.2, 0) is 13.0 Å². The number of aryl methyl sites for hydroxylation is 1. The number of hydrogen-bond donors (Lipinski definition) is 0. The van der Waals surface area contributed by atoms with Crippen molar-refractivity contribution in [3.8, 4) is 6.07 Å². The summed E-state index contributed by atoms with van der Waals surface area (Å²) in [5.74, 6) is 0.148. The van der Waals surface area contributed by atoms with Gasteiger partial charge in [0, 0.05) is 23.8 Å². The summed E-state index contributed by atoms with van der Waals surface area (Å²) in [6.07, 6.45) is 3.78. The molecule has 0 N–H and O–H groups in total. The van der Waals surface area contributed by atoms with E-state index in [1.54, 1.807) is 0 Å². The molecule has 1 aliphatic heterocycles. The SMILES string of the molecule is N#CC1CCc2cc3cccnc3n2C1. The molecular weight excluding hydrogens is 186 g/mol. The van der Waals surface area contributed by atoms with E-state index in [9.17, 15) is 0 Å². The lowest BCUT2D eigenvalue weighted by atomic mass is 10.00. The van der Waals surface area contributed by atoms with Gasteiger partial charge in [0.25, 0.3) is 0 Å². The number of hydrogen-bond acceptors (Lipinski definition) is 2. The lowest BCUT2D eigenvalue weighted by Gasteiger charge is -2.19. The van der Waals surface area contributed by atoms with E-state index < -0.39 is 0 Å². The highest BCUT2D eigenvalue weighted by atomic mass is 15.1. The topological polar surface area (TPSA) is 41.6 Å². The third-order valence-electron chi connectivity index (χ3n) is 3.08. The second kappa shape index (κ2) is 3.09. The van der Waals surface area contributed by atoms with Gasteiger partial charge in [-0.3, -0.25) is 0 Å².